The number of allylic oxidation sites excluding steroid dienone is 8. The van der Waals surface area contributed by atoms with Gasteiger partial charge in [0.1, 0.15) is 6.61 Å². The zero-order valence-corrected chi connectivity index (χ0v) is 33.0. The second kappa shape index (κ2) is 34.2. The Kier molecular flexibility index (Phi) is 32.5. The molecule has 3 atom stereocenters. The first-order valence-electron chi connectivity index (χ1n) is 19.3. The topological polar surface area (TPSA) is 160 Å². The van der Waals surface area contributed by atoms with Gasteiger partial charge in [-0.15, -0.1) is 0 Å². The number of rotatable bonds is 33. The molecule has 0 aliphatic rings. The fraction of sp³-hybridized carbons (Fsp3) is 0.659. The number of phosphoric acid groups is 1. The molecule has 0 aliphatic heterocycles. The molecular weight excluding hydrogens is 683 g/mol. The van der Waals surface area contributed by atoms with E-state index in [1.165, 1.54) is 44.9 Å². The lowest BCUT2D eigenvalue weighted by molar-refractivity contribution is -0.161. The maximum absolute atomic E-state index is 12.4. The van der Waals surface area contributed by atoms with Crippen molar-refractivity contribution in [3.63, 3.8) is 0 Å². The number of esters is 2. The van der Waals surface area contributed by atoms with Gasteiger partial charge in [-0.1, -0.05) is 158 Å². The Morgan fingerprint density at radius 1 is 0.673 bits per heavy atom. The van der Waals surface area contributed by atoms with E-state index in [1.807, 2.05) is 42.5 Å². The molecule has 52 heavy (non-hydrogen) atoms. The van der Waals surface area contributed by atoms with Crippen molar-refractivity contribution < 1.29 is 48.2 Å². The van der Waals surface area contributed by atoms with Crippen LogP contribution in [-0.4, -0.2) is 63.5 Å². The van der Waals surface area contributed by atoms with Gasteiger partial charge in [0.05, 0.1) is 18.8 Å². The summed E-state index contributed by atoms with van der Waals surface area (Å²) < 4.78 is 26.2. The maximum Gasteiger partial charge on any atom is 0.469 e. The van der Waals surface area contributed by atoms with Gasteiger partial charge >= 0.3 is 19.8 Å². The Balaban J connectivity index is 4.26. The van der Waals surface area contributed by atoms with Crippen molar-refractivity contribution in [2.24, 2.45) is 5.92 Å². The summed E-state index contributed by atoms with van der Waals surface area (Å²) in [5.41, 5.74) is 0. The molecular formula is C41H69O10P. The number of aliphatic hydroxyl groups is 2. The number of hydrogen-bond donors (Lipinski definition) is 4. The minimum absolute atomic E-state index is 0.0229. The Bertz CT molecular complexity index is 1120. The van der Waals surface area contributed by atoms with Crippen LogP contribution in [0.4, 0.5) is 0 Å². The fourth-order valence-corrected chi connectivity index (χ4v) is 5.30. The molecule has 0 spiro atoms. The smallest absolute Gasteiger partial charge is 0.462 e. The second-order valence-electron chi connectivity index (χ2n) is 13.4. The number of aliphatic hydroxyl groups excluding tert-OH is 2. The van der Waals surface area contributed by atoms with Crippen LogP contribution in [0.3, 0.4) is 0 Å². The zero-order valence-electron chi connectivity index (χ0n) is 32.1. The van der Waals surface area contributed by atoms with Crippen LogP contribution >= 0.6 is 7.82 Å². The lowest BCUT2D eigenvalue weighted by Gasteiger charge is -2.18. The van der Waals surface area contributed by atoms with Gasteiger partial charge in [-0.05, 0) is 44.4 Å². The first-order chi connectivity index (χ1) is 24.9. The third-order valence-corrected chi connectivity index (χ3v) is 8.33. The number of unbranched alkanes of at least 4 members (excludes halogenated alkanes) is 10. The van der Waals surface area contributed by atoms with E-state index in [9.17, 15) is 24.4 Å². The third kappa shape index (κ3) is 37.2. The highest BCUT2D eigenvalue weighted by molar-refractivity contribution is 7.46. The van der Waals surface area contributed by atoms with Gasteiger partial charge in [0.25, 0.3) is 0 Å². The Morgan fingerprint density at radius 2 is 1.27 bits per heavy atom. The highest BCUT2D eigenvalue weighted by Gasteiger charge is 2.22. The van der Waals surface area contributed by atoms with Crippen molar-refractivity contribution in [1.82, 2.24) is 0 Å². The highest BCUT2D eigenvalue weighted by atomic mass is 31.2. The Hall–Kier alpha value is -2.59. The maximum atomic E-state index is 12.4. The van der Waals surface area contributed by atoms with Crippen LogP contribution in [0.5, 0.6) is 0 Å². The molecule has 0 saturated heterocycles. The molecule has 11 heteroatoms. The summed E-state index contributed by atoms with van der Waals surface area (Å²) in [6.07, 6.45) is 35.7. The number of phosphoric ester groups is 1. The van der Waals surface area contributed by atoms with Gasteiger partial charge in [-0.25, -0.2) is 4.57 Å². The van der Waals surface area contributed by atoms with Gasteiger partial charge in [-0.3, -0.25) is 14.1 Å². The molecule has 0 fully saturated rings. The molecule has 0 bridgehead atoms. The molecule has 10 nitrogen and oxygen atoms in total. The standard InChI is InChI=1S/C41H69O10P/c1-4-5-20-28-37(42)29-22-16-12-10-13-17-23-30-38(43)31-24-19-26-33-41(45)51-39(35-50-52(46,47)48)34-49-40(44)32-25-18-14-9-7-6-8-11-15-21-27-36(2)3/h5,12-13,16-17,20,22-24,29-31,36-39,42-43H,4,6-11,14-15,18-19,21,25-28,32-35H2,1-3H3,(H2,46,47,48)/b16-12-,17-13-,20-5-,29-22+,30-23+,31-24-/t37-,38-,39+/m0/s1. The van der Waals surface area contributed by atoms with E-state index < -0.39 is 44.7 Å². The van der Waals surface area contributed by atoms with Crippen LogP contribution < -0.4 is 0 Å². The van der Waals surface area contributed by atoms with E-state index in [4.69, 9.17) is 19.3 Å². The van der Waals surface area contributed by atoms with E-state index in [1.54, 1.807) is 30.4 Å². The predicted molar refractivity (Wildman–Crippen MR) is 209 cm³/mol. The molecule has 0 aromatic heterocycles. The van der Waals surface area contributed by atoms with E-state index in [0.717, 1.165) is 31.6 Å². The van der Waals surface area contributed by atoms with E-state index in [2.05, 4.69) is 25.3 Å². The molecule has 0 amide bonds. The highest BCUT2D eigenvalue weighted by Crippen LogP contribution is 2.36. The molecule has 0 rings (SSSR count). The quantitative estimate of drug-likeness (QED) is 0.0167. The van der Waals surface area contributed by atoms with Crippen LogP contribution in [-0.2, 0) is 28.2 Å². The summed E-state index contributed by atoms with van der Waals surface area (Å²) in [5, 5.41) is 19.9. The van der Waals surface area contributed by atoms with Crippen molar-refractivity contribution in [2.45, 2.75) is 155 Å². The molecule has 0 unspecified atom stereocenters. The second-order valence-corrected chi connectivity index (χ2v) is 14.6. The van der Waals surface area contributed by atoms with Crippen molar-refractivity contribution >= 4 is 19.8 Å². The Labute approximate surface area is 314 Å². The lowest BCUT2D eigenvalue weighted by Crippen LogP contribution is -2.29. The average Bonchev–Trinajstić information content (AvgIpc) is 3.08. The van der Waals surface area contributed by atoms with Crippen molar-refractivity contribution in [1.29, 1.82) is 0 Å². The average molecular weight is 753 g/mol. The monoisotopic (exact) mass is 752 g/mol. The molecule has 0 aliphatic carbocycles. The number of ether oxygens (including phenoxy) is 2. The van der Waals surface area contributed by atoms with Crippen molar-refractivity contribution in [2.75, 3.05) is 13.2 Å². The molecule has 0 saturated carbocycles. The summed E-state index contributed by atoms with van der Waals surface area (Å²) in [7, 11) is -4.81. The summed E-state index contributed by atoms with van der Waals surface area (Å²) in [5.74, 6) is -0.290. The van der Waals surface area contributed by atoms with Crippen LogP contribution in [0.2, 0.25) is 0 Å². The van der Waals surface area contributed by atoms with Gasteiger partial charge in [-0.2, -0.15) is 0 Å². The third-order valence-electron chi connectivity index (χ3n) is 7.84. The van der Waals surface area contributed by atoms with Crippen LogP contribution in [0.25, 0.3) is 0 Å². The minimum atomic E-state index is -4.81. The van der Waals surface area contributed by atoms with Gasteiger partial charge in [0.2, 0.25) is 0 Å². The van der Waals surface area contributed by atoms with E-state index >= 15 is 0 Å². The predicted octanol–water partition coefficient (Wildman–Crippen LogP) is 9.31. The zero-order chi connectivity index (χ0) is 38.7. The molecule has 298 valence electrons. The number of hydrogen-bond acceptors (Lipinski definition) is 8. The van der Waals surface area contributed by atoms with Crippen LogP contribution in [0.1, 0.15) is 136 Å². The van der Waals surface area contributed by atoms with Crippen LogP contribution in [0.15, 0.2) is 72.9 Å². The van der Waals surface area contributed by atoms with E-state index in [0.29, 0.717) is 32.1 Å². The largest absolute Gasteiger partial charge is 0.469 e. The SMILES string of the molecule is CC/C=C\C[C@H](O)/C=C/C=C\C/C=C\C=C\[C@H](O)/C=C\CCCC(=O)O[C@H](COC(=O)CCCCCCCCCCCCC(C)C)COP(=O)(O)O. The van der Waals surface area contributed by atoms with E-state index in [-0.39, 0.29) is 19.4 Å². The normalized spacial score (nSPS) is 14.6. The van der Waals surface area contributed by atoms with Crippen LogP contribution in [0, 0.1) is 5.92 Å². The van der Waals surface area contributed by atoms with Gasteiger partial charge in [0, 0.05) is 12.8 Å². The summed E-state index contributed by atoms with van der Waals surface area (Å²) in [6, 6.07) is 0. The first-order valence-corrected chi connectivity index (χ1v) is 20.9. The lowest BCUT2D eigenvalue weighted by atomic mass is 10.0. The van der Waals surface area contributed by atoms with Gasteiger partial charge < -0.3 is 29.5 Å². The molecule has 0 heterocycles. The first kappa shape index (κ1) is 49.4. The number of carbonyl (C=O) groups is 2. The summed E-state index contributed by atoms with van der Waals surface area (Å²) >= 11 is 0. The molecule has 0 aromatic rings. The minimum Gasteiger partial charge on any atom is -0.462 e. The summed E-state index contributed by atoms with van der Waals surface area (Å²) in [6.45, 7) is 5.62. The number of carbonyl (C=O) groups excluding carboxylic acids is 2. The Morgan fingerprint density at radius 3 is 1.88 bits per heavy atom. The molecule has 4 N–H and O–H groups in total. The summed E-state index contributed by atoms with van der Waals surface area (Å²) in [4.78, 5) is 42.7. The van der Waals surface area contributed by atoms with Crippen molar-refractivity contribution in [3.05, 3.63) is 72.9 Å². The molecule has 0 aromatic carbocycles. The van der Waals surface area contributed by atoms with Gasteiger partial charge in [0.15, 0.2) is 6.10 Å². The molecule has 0 radical (unpaired) electrons. The fourth-order valence-electron chi connectivity index (χ4n) is 4.94. The van der Waals surface area contributed by atoms with Crippen molar-refractivity contribution in [3.8, 4) is 0 Å².